The molecule has 0 bridgehead atoms. The van der Waals surface area contributed by atoms with E-state index >= 15 is 0 Å². The lowest BCUT2D eigenvalue weighted by atomic mass is 10.0. The first-order valence-electron chi connectivity index (χ1n) is 7.70. The van der Waals surface area contributed by atoms with Gasteiger partial charge in [0.2, 0.25) is 0 Å². The van der Waals surface area contributed by atoms with Gasteiger partial charge in [0.05, 0.1) is 13.2 Å². The van der Waals surface area contributed by atoms with E-state index in [1.165, 1.54) is 31.2 Å². The van der Waals surface area contributed by atoms with Crippen molar-refractivity contribution in [2.75, 3.05) is 26.7 Å². The number of nitrogens with zero attached hydrogens (tertiary/aromatic N) is 1. The molecule has 0 aromatic heterocycles. The maximum atomic E-state index is 12.3. The van der Waals surface area contributed by atoms with Crippen LogP contribution in [0, 0.1) is 5.92 Å². The molecule has 1 aliphatic carbocycles. The van der Waals surface area contributed by atoms with Crippen molar-refractivity contribution in [2.24, 2.45) is 5.92 Å². The molecule has 1 fully saturated rings. The predicted octanol–water partition coefficient (Wildman–Crippen LogP) is 2.93. The number of Topliss-reactive ketones (excluding diaryl/α,β-unsaturated/α-hetero) is 1. The van der Waals surface area contributed by atoms with Crippen LogP contribution in [0.15, 0.2) is 18.2 Å². The summed E-state index contributed by atoms with van der Waals surface area (Å²) in [6.07, 6.45) is 6.30. The van der Waals surface area contributed by atoms with Gasteiger partial charge in [-0.15, -0.1) is 0 Å². The fraction of sp³-hybridized carbons (Fsp3) is 0.588. The van der Waals surface area contributed by atoms with Gasteiger partial charge in [0.15, 0.2) is 5.78 Å². The second-order valence-corrected chi connectivity index (χ2v) is 6.19. The molecule has 0 unspecified atom stereocenters. The average Bonchev–Trinajstić information content (AvgIpc) is 3.07. The number of hydrogen-bond donors (Lipinski definition) is 0. The van der Waals surface area contributed by atoms with E-state index in [-0.39, 0.29) is 5.78 Å². The standard InChI is InChI=1S/C17H23NO2/c1-18(11-13-4-2-3-5-13)12-16(19)14-6-7-17-15(10-14)8-9-20-17/h6-7,10,13H,2-5,8-9,11-12H2,1H3. The smallest absolute Gasteiger partial charge is 0.176 e. The van der Waals surface area contributed by atoms with Crippen LogP contribution in [0.3, 0.4) is 0 Å². The quantitative estimate of drug-likeness (QED) is 0.773. The summed E-state index contributed by atoms with van der Waals surface area (Å²) >= 11 is 0. The van der Waals surface area contributed by atoms with Crippen molar-refractivity contribution in [2.45, 2.75) is 32.1 Å². The maximum Gasteiger partial charge on any atom is 0.176 e. The lowest BCUT2D eigenvalue weighted by Crippen LogP contribution is -2.30. The summed E-state index contributed by atoms with van der Waals surface area (Å²) in [5.74, 6) is 1.96. The van der Waals surface area contributed by atoms with Crippen LogP contribution in [-0.4, -0.2) is 37.4 Å². The van der Waals surface area contributed by atoms with E-state index in [0.29, 0.717) is 6.54 Å². The number of carbonyl (C=O) groups is 1. The highest BCUT2D eigenvalue weighted by Crippen LogP contribution is 2.27. The number of fused-ring (bicyclic) bond motifs is 1. The van der Waals surface area contributed by atoms with Crippen molar-refractivity contribution in [3.05, 3.63) is 29.3 Å². The third-order valence-electron chi connectivity index (χ3n) is 4.47. The maximum absolute atomic E-state index is 12.3. The van der Waals surface area contributed by atoms with Crippen molar-refractivity contribution in [1.29, 1.82) is 0 Å². The van der Waals surface area contributed by atoms with Gasteiger partial charge in [-0.05, 0) is 49.6 Å². The zero-order valence-corrected chi connectivity index (χ0v) is 12.2. The minimum Gasteiger partial charge on any atom is -0.493 e. The van der Waals surface area contributed by atoms with Crippen LogP contribution in [-0.2, 0) is 6.42 Å². The lowest BCUT2D eigenvalue weighted by molar-refractivity contribution is 0.0938. The SMILES string of the molecule is CN(CC(=O)c1ccc2c(c1)CCO2)CC1CCCC1. The van der Waals surface area contributed by atoms with Gasteiger partial charge in [-0.25, -0.2) is 0 Å². The Morgan fingerprint density at radius 2 is 2.15 bits per heavy atom. The Labute approximate surface area is 120 Å². The fourth-order valence-corrected chi connectivity index (χ4v) is 3.39. The Balaban J connectivity index is 1.58. The molecule has 0 spiro atoms. The van der Waals surface area contributed by atoms with E-state index in [0.717, 1.165) is 36.8 Å². The Morgan fingerprint density at radius 1 is 1.35 bits per heavy atom. The largest absolute Gasteiger partial charge is 0.493 e. The number of hydrogen-bond acceptors (Lipinski definition) is 3. The highest BCUT2D eigenvalue weighted by Gasteiger charge is 2.19. The number of ketones is 1. The molecule has 108 valence electrons. The first-order chi connectivity index (χ1) is 9.72. The van der Waals surface area contributed by atoms with E-state index in [9.17, 15) is 4.79 Å². The van der Waals surface area contributed by atoms with Gasteiger partial charge in [0.25, 0.3) is 0 Å². The Bertz CT molecular complexity index is 492. The summed E-state index contributed by atoms with van der Waals surface area (Å²) in [4.78, 5) is 14.5. The van der Waals surface area contributed by atoms with Crippen molar-refractivity contribution in [1.82, 2.24) is 4.90 Å². The van der Waals surface area contributed by atoms with E-state index in [1.54, 1.807) is 0 Å². The number of benzene rings is 1. The summed E-state index contributed by atoms with van der Waals surface area (Å²) in [5.41, 5.74) is 2.00. The van der Waals surface area contributed by atoms with Crippen LogP contribution >= 0.6 is 0 Å². The van der Waals surface area contributed by atoms with E-state index in [1.807, 2.05) is 18.2 Å². The summed E-state index contributed by atoms with van der Waals surface area (Å²) in [6, 6.07) is 5.84. The highest BCUT2D eigenvalue weighted by atomic mass is 16.5. The van der Waals surface area contributed by atoms with Crippen LogP contribution in [0.1, 0.15) is 41.6 Å². The van der Waals surface area contributed by atoms with Crippen molar-refractivity contribution in [3.8, 4) is 5.75 Å². The first kappa shape index (κ1) is 13.6. The molecule has 0 radical (unpaired) electrons. The van der Waals surface area contributed by atoms with Gasteiger partial charge in [-0.1, -0.05) is 12.8 Å². The van der Waals surface area contributed by atoms with Crippen molar-refractivity contribution < 1.29 is 9.53 Å². The van der Waals surface area contributed by atoms with Crippen LogP contribution in [0.5, 0.6) is 5.75 Å². The van der Waals surface area contributed by atoms with Gasteiger partial charge in [0.1, 0.15) is 5.75 Å². The molecule has 0 amide bonds. The fourth-order valence-electron chi connectivity index (χ4n) is 3.39. The Morgan fingerprint density at radius 3 is 2.95 bits per heavy atom. The van der Waals surface area contributed by atoms with Gasteiger partial charge in [-0.3, -0.25) is 9.69 Å². The molecular formula is C17H23NO2. The molecule has 0 N–H and O–H groups in total. The predicted molar refractivity (Wildman–Crippen MR) is 79.4 cm³/mol. The second kappa shape index (κ2) is 5.96. The third kappa shape index (κ3) is 3.04. The van der Waals surface area contributed by atoms with Crippen molar-refractivity contribution >= 4 is 5.78 Å². The van der Waals surface area contributed by atoms with Crippen LogP contribution in [0.2, 0.25) is 0 Å². The van der Waals surface area contributed by atoms with E-state index in [4.69, 9.17) is 4.74 Å². The summed E-state index contributed by atoms with van der Waals surface area (Å²) in [5, 5.41) is 0. The zero-order chi connectivity index (χ0) is 13.9. The lowest BCUT2D eigenvalue weighted by Gasteiger charge is -2.20. The van der Waals surface area contributed by atoms with Crippen LogP contribution < -0.4 is 4.74 Å². The molecule has 3 heteroatoms. The molecule has 1 heterocycles. The second-order valence-electron chi connectivity index (χ2n) is 6.19. The Hall–Kier alpha value is -1.35. The molecule has 20 heavy (non-hydrogen) atoms. The Kier molecular flexibility index (Phi) is 4.06. The molecule has 1 aliphatic heterocycles. The molecule has 1 aromatic carbocycles. The topological polar surface area (TPSA) is 29.5 Å². The number of rotatable bonds is 5. The molecule has 2 aliphatic rings. The van der Waals surface area contributed by atoms with Gasteiger partial charge in [0, 0.05) is 18.5 Å². The minimum absolute atomic E-state index is 0.222. The molecule has 1 aromatic rings. The van der Waals surface area contributed by atoms with Crippen LogP contribution in [0.4, 0.5) is 0 Å². The molecule has 0 saturated heterocycles. The molecule has 1 saturated carbocycles. The van der Waals surface area contributed by atoms with E-state index in [2.05, 4.69) is 11.9 Å². The van der Waals surface area contributed by atoms with Gasteiger partial charge >= 0.3 is 0 Å². The first-order valence-corrected chi connectivity index (χ1v) is 7.70. The molecule has 0 atom stereocenters. The summed E-state index contributed by atoms with van der Waals surface area (Å²) in [6.45, 7) is 2.32. The van der Waals surface area contributed by atoms with Gasteiger partial charge in [-0.2, -0.15) is 0 Å². The average molecular weight is 273 g/mol. The number of carbonyl (C=O) groups excluding carboxylic acids is 1. The van der Waals surface area contributed by atoms with E-state index < -0.39 is 0 Å². The monoisotopic (exact) mass is 273 g/mol. The minimum atomic E-state index is 0.222. The van der Waals surface area contributed by atoms with Crippen LogP contribution in [0.25, 0.3) is 0 Å². The molecule has 3 nitrogen and oxygen atoms in total. The summed E-state index contributed by atoms with van der Waals surface area (Å²) < 4.78 is 5.48. The van der Waals surface area contributed by atoms with Crippen molar-refractivity contribution in [3.63, 3.8) is 0 Å². The highest BCUT2D eigenvalue weighted by molar-refractivity contribution is 5.98. The molecular weight excluding hydrogens is 250 g/mol. The number of ether oxygens (including phenoxy) is 1. The number of likely N-dealkylation sites (N-methyl/N-ethyl adjacent to an activating group) is 1. The normalized spacial score (nSPS) is 18.3. The molecule has 3 rings (SSSR count). The summed E-state index contributed by atoms with van der Waals surface area (Å²) in [7, 11) is 2.06. The van der Waals surface area contributed by atoms with Gasteiger partial charge < -0.3 is 4.74 Å². The zero-order valence-electron chi connectivity index (χ0n) is 12.2. The third-order valence-corrected chi connectivity index (χ3v) is 4.47.